The number of anilines is 3. The monoisotopic (exact) mass is 269 g/mol. The Morgan fingerprint density at radius 3 is 3.00 bits per heavy atom. The van der Waals surface area contributed by atoms with Gasteiger partial charge in [-0.3, -0.25) is 0 Å². The highest BCUT2D eigenvalue weighted by molar-refractivity contribution is 5.63. The summed E-state index contributed by atoms with van der Waals surface area (Å²) in [7, 11) is 3.88. The van der Waals surface area contributed by atoms with E-state index in [0.717, 1.165) is 31.0 Å². The maximum absolute atomic E-state index is 4.50. The van der Waals surface area contributed by atoms with Gasteiger partial charge in [-0.05, 0) is 36.2 Å². The molecule has 0 fully saturated rings. The third kappa shape index (κ3) is 2.58. The Morgan fingerprint density at radius 1 is 1.25 bits per heavy atom. The van der Waals surface area contributed by atoms with Crippen molar-refractivity contribution in [1.82, 2.24) is 15.3 Å². The summed E-state index contributed by atoms with van der Waals surface area (Å²) in [6, 6.07) is 8.27. The maximum atomic E-state index is 4.50. The van der Waals surface area contributed by atoms with Crippen LogP contribution in [-0.2, 0) is 13.0 Å². The number of hydrogen-bond acceptors (Lipinski definition) is 5. The zero-order valence-electron chi connectivity index (χ0n) is 11.8. The molecule has 5 nitrogen and oxygen atoms in total. The minimum absolute atomic E-state index is 0.710. The highest BCUT2D eigenvalue weighted by atomic mass is 15.2. The van der Waals surface area contributed by atoms with Crippen LogP contribution in [0.1, 0.15) is 11.1 Å². The van der Waals surface area contributed by atoms with Gasteiger partial charge in [0.2, 0.25) is 5.95 Å². The zero-order chi connectivity index (χ0) is 13.9. The van der Waals surface area contributed by atoms with Crippen LogP contribution in [0.2, 0.25) is 0 Å². The molecular weight excluding hydrogens is 250 g/mol. The van der Waals surface area contributed by atoms with Crippen molar-refractivity contribution in [2.75, 3.05) is 30.9 Å². The van der Waals surface area contributed by atoms with Gasteiger partial charge in [0.1, 0.15) is 5.82 Å². The number of aromatic nitrogens is 2. The first-order chi connectivity index (χ1) is 9.74. The van der Waals surface area contributed by atoms with Gasteiger partial charge < -0.3 is 15.5 Å². The highest BCUT2D eigenvalue weighted by Crippen LogP contribution is 2.25. The molecule has 1 aliphatic heterocycles. The Bertz CT molecular complexity index is 609. The SMILES string of the molecule is CN(C)c1nccc(Nc2cccc3c2CCNC3)n1. The lowest BCUT2D eigenvalue weighted by atomic mass is 9.99. The van der Waals surface area contributed by atoms with E-state index >= 15 is 0 Å². The minimum Gasteiger partial charge on any atom is -0.347 e. The number of nitrogens with zero attached hydrogens (tertiary/aromatic N) is 3. The molecule has 0 unspecified atom stereocenters. The number of fused-ring (bicyclic) bond motifs is 1. The average Bonchev–Trinajstić information content (AvgIpc) is 2.48. The molecule has 2 aromatic rings. The van der Waals surface area contributed by atoms with Gasteiger partial charge in [0, 0.05) is 32.5 Å². The van der Waals surface area contributed by atoms with E-state index in [1.54, 1.807) is 6.20 Å². The largest absolute Gasteiger partial charge is 0.347 e. The highest BCUT2D eigenvalue weighted by Gasteiger charge is 2.13. The van der Waals surface area contributed by atoms with Gasteiger partial charge in [-0.2, -0.15) is 4.98 Å². The molecule has 20 heavy (non-hydrogen) atoms. The lowest BCUT2D eigenvalue weighted by Gasteiger charge is -2.21. The van der Waals surface area contributed by atoms with Gasteiger partial charge in [-0.15, -0.1) is 0 Å². The van der Waals surface area contributed by atoms with Crippen LogP contribution in [0.3, 0.4) is 0 Å². The van der Waals surface area contributed by atoms with E-state index < -0.39 is 0 Å². The normalized spacial score (nSPS) is 13.7. The molecule has 0 spiro atoms. The molecule has 0 radical (unpaired) electrons. The van der Waals surface area contributed by atoms with Crippen molar-refractivity contribution < 1.29 is 0 Å². The molecule has 0 atom stereocenters. The summed E-state index contributed by atoms with van der Waals surface area (Å²) in [4.78, 5) is 10.6. The molecule has 1 aromatic heterocycles. The summed E-state index contributed by atoms with van der Waals surface area (Å²) < 4.78 is 0. The van der Waals surface area contributed by atoms with E-state index in [9.17, 15) is 0 Å². The second kappa shape index (κ2) is 5.46. The summed E-state index contributed by atoms with van der Waals surface area (Å²) in [6.45, 7) is 1.97. The summed E-state index contributed by atoms with van der Waals surface area (Å²) in [5.41, 5.74) is 3.90. The first-order valence-corrected chi connectivity index (χ1v) is 6.83. The Labute approximate surface area is 119 Å². The summed E-state index contributed by atoms with van der Waals surface area (Å²) in [5, 5.41) is 6.82. The van der Waals surface area contributed by atoms with Crippen LogP contribution >= 0.6 is 0 Å². The van der Waals surface area contributed by atoms with Crippen molar-refractivity contribution in [3.63, 3.8) is 0 Å². The molecule has 104 valence electrons. The summed E-state index contributed by atoms with van der Waals surface area (Å²) in [6.07, 6.45) is 2.83. The lowest BCUT2D eigenvalue weighted by Crippen LogP contribution is -2.24. The van der Waals surface area contributed by atoms with E-state index in [0.29, 0.717) is 5.95 Å². The number of nitrogens with one attached hydrogen (secondary N) is 2. The smallest absolute Gasteiger partial charge is 0.226 e. The first-order valence-electron chi connectivity index (χ1n) is 6.83. The number of benzene rings is 1. The van der Waals surface area contributed by atoms with Gasteiger partial charge in [0.15, 0.2) is 0 Å². The predicted octanol–water partition coefficient (Wildman–Crippen LogP) is 1.93. The fraction of sp³-hybridized carbons (Fsp3) is 0.333. The molecule has 0 aliphatic carbocycles. The molecule has 5 heteroatoms. The van der Waals surface area contributed by atoms with Crippen molar-refractivity contribution in [3.05, 3.63) is 41.6 Å². The van der Waals surface area contributed by atoms with Gasteiger partial charge in [-0.1, -0.05) is 12.1 Å². The molecule has 0 amide bonds. The van der Waals surface area contributed by atoms with Crippen LogP contribution in [0.4, 0.5) is 17.5 Å². The molecule has 3 rings (SSSR count). The minimum atomic E-state index is 0.710. The van der Waals surface area contributed by atoms with Crippen molar-refractivity contribution in [3.8, 4) is 0 Å². The Hall–Kier alpha value is -2.14. The summed E-state index contributed by atoms with van der Waals surface area (Å²) in [5.74, 6) is 1.54. The molecule has 0 bridgehead atoms. The number of hydrogen-bond donors (Lipinski definition) is 2. The second-order valence-corrected chi connectivity index (χ2v) is 5.13. The Kier molecular flexibility index (Phi) is 3.52. The Balaban J connectivity index is 1.90. The van der Waals surface area contributed by atoms with E-state index in [4.69, 9.17) is 0 Å². The second-order valence-electron chi connectivity index (χ2n) is 5.13. The van der Waals surface area contributed by atoms with E-state index in [1.807, 2.05) is 25.1 Å². The predicted molar refractivity (Wildman–Crippen MR) is 81.5 cm³/mol. The fourth-order valence-electron chi connectivity index (χ4n) is 2.42. The van der Waals surface area contributed by atoms with Gasteiger partial charge in [0.25, 0.3) is 0 Å². The van der Waals surface area contributed by atoms with Gasteiger partial charge >= 0.3 is 0 Å². The first kappa shape index (κ1) is 12.9. The van der Waals surface area contributed by atoms with Crippen LogP contribution in [0.15, 0.2) is 30.5 Å². The van der Waals surface area contributed by atoms with Crippen LogP contribution < -0.4 is 15.5 Å². The van der Waals surface area contributed by atoms with Crippen molar-refractivity contribution in [1.29, 1.82) is 0 Å². The average molecular weight is 269 g/mol. The van der Waals surface area contributed by atoms with Gasteiger partial charge in [-0.25, -0.2) is 4.98 Å². The van der Waals surface area contributed by atoms with E-state index in [-0.39, 0.29) is 0 Å². The molecule has 1 aliphatic rings. The third-order valence-electron chi connectivity index (χ3n) is 3.45. The maximum Gasteiger partial charge on any atom is 0.226 e. The van der Waals surface area contributed by atoms with Crippen molar-refractivity contribution >= 4 is 17.5 Å². The quantitative estimate of drug-likeness (QED) is 0.891. The van der Waals surface area contributed by atoms with Crippen LogP contribution in [0, 0.1) is 0 Å². The molecule has 2 heterocycles. The van der Waals surface area contributed by atoms with E-state index in [1.165, 1.54) is 11.1 Å². The van der Waals surface area contributed by atoms with Gasteiger partial charge in [0.05, 0.1) is 0 Å². The van der Waals surface area contributed by atoms with Crippen LogP contribution in [0.5, 0.6) is 0 Å². The summed E-state index contributed by atoms with van der Waals surface area (Å²) >= 11 is 0. The zero-order valence-corrected chi connectivity index (χ0v) is 11.8. The van der Waals surface area contributed by atoms with E-state index in [2.05, 4.69) is 38.8 Å². The standard InChI is InChI=1S/C15H19N5/c1-20(2)15-17-9-7-14(19-15)18-13-5-3-4-11-10-16-8-6-12(11)13/h3-5,7,9,16H,6,8,10H2,1-2H3,(H,17,18,19). The van der Waals surface area contributed by atoms with Crippen LogP contribution in [-0.4, -0.2) is 30.6 Å². The third-order valence-corrected chi connectivity index (χ3v) is 3.45. The lowest BCUT2D eigenvalue weighted by molar-refractivity contribution is 0.645. The number of rotatable bonds is 3. The van der Waals surface area contributed by atoms with Crippen LogP contribution in [0.25, 0.3) is 0 Å². The molecular formula is C15H19N5. The molecule has 0 saturated heterocycles. The van der Waals surface area contributed by atoms with Crippen molar-refractivity contribution in [2.24, 2.45) is 0 Å². The van der Waals surface area contributed by atoms with Crippen molar-refractivity contribution in [2.45, 2.75) is 13.0 Å². The topological polar surface area (TPSA) is 53.1 Å². The molecule has 2 N–H and O–H groups in total. The molecule has 0 saturated carbocycles. The molecule has 1 aromatic carbocycles. The Morgan fingerprint density at radius 2 is 2.15 bits per heavy atom. The fourth-order valence-corrected chi connectivity index (χ4v) is 2.42.